The van der Waals surface area contributed by atoms with Gasteiger partial charge in [-0.3, -0.25) is 9.97 Å². The molecule has 0 spiro atoms. The van der Waals surface area contributed by atoms with E-state index >= 15 is 0 Å². The fourth-order valence-electron chi connectivity index (χ4n) is 5.38. The maximum absolute atomic E-state index is 4.92. The molecule has 0 aliphatic carbocycles. The van der Waals surface area contributed by atoms with Crippen LogP contribution in [0, 0.1) is 0 Å². The Balaban J connectivity index is 1.22. The van der Waals surface area contributed by atoms with Gasteiger partial charge in [0.1, 0.15) is 0 Å². The first-order valence-electron chi connectivity index (χ1n) is 14.0. The molecule has 0 amide bonds. The van der Waals surface area contributed by atoms with Crippen molar-refractivity contribution >= 4 is 31.5 Å². The molecule has 0 radical (unpaired) electrons. The highest BCUT2D eigenvalue weighted by atomic mass is 32.1. The van der Waals surface area contributed by atoms with Crippen LogP contribution in [-0.4, -0.2) is 24.9 Å². The van der Waals surface area contributed by atoms with E-state index in [1.165, 1.54) is 15.5 Å². The minimum Gasteiger partial charge on any atom is -0.263 e. The van der Waals surface area contributed by atoms with Crippen molar-refractivity contribution in [3.63, 3.8) is 0 Å². The molecule has 4 aromatic carbocycles. The molecule has 43 heavy (non-hydrogen) atoms. The lowest BCUT2D eigenvalue weighted by Crippen LogP contribution is -2.00. The third-order valence-electron chi connectivity index (χ3n) is 7.48. The molecular formula is C37H23N5S. The van der Waals surface area contributed by atoms with Crippen molar-refractivity contribution in [3.8, 4) is 56.5 Å². The average molecular weight is 570 g/mol. The number of nitrogens with zero attached hydrogens (tertiary/aromatic N) is 5. The molecule has 6 heteroatoms. The molecule has 0 saturated carbocycles. The van der Waals surface area contributed by atoms with Crippen LogP contribution >= 0.6 is 11.3 Å². The summed E-state index contributed by atoms with van der Waals surface area (Å²) >= 11 is 1.74. The molecule has 5 nitrogen and oxygen atoms in total. The van der Waals surface area contributed by atoms with Gasteiger partial charge in [-0.05, 0) is 35.4 Å². The van der Waals surface area contributed by atoms with Crippen LogP contribution in [0.1, 0.15) is 0 Å². The van der Waals surface area contributed by atoms with E-state index in [9.17, 15) is 0 Å². The Hall–Kier alpha value is -5.59. The second-order valence-corrected chi connectivity index (χ2v) is 11.3. The highest BCUT2D eigenvalue weighted by Gasteiger charge is 2.15. The Bertz CT molecular complexity index is 2190. The van der Waals surface area contributed by atoms with Crippen molar-refractivity contribution in [2.24, 2.45) is 0 Å². The first-order chi connectivity index (χ1) is 21.3. The quantitative estimate of drug-likeness (QED) is 0.207. The number of benzene rings is 4. The van der Waals surface area contributed by atoms with Gasteiger partial charge in [0.05, 0.1) is 15.1 Å². The van der Waals surface area contributed by atoms with Crippen LogP contribution in [0.25, 0.3) is 76.7 Å². The summed E-state index contributed by atoms with van der Waals surface area (Å²) in [4.78, 5) is 23.8. The monoisotopic (exact) mass is 569 g/mol. The van der Waals surface area contributed by atoms with Crippen molar-refractivity contribution in [1.29, 1.82) is 0 Å². The summed E-state index contributed by atoms with van der Waals surface area (Å²) in [6, 6.07) is 41.2. The van der Waals surface area contributed by atoms with E-state index in [-0.39, 0.29) is 0 Å². The highest BCUT2D eigenvalue weighted by molar-refractivity contribution is 7.26. The van der Waals surface area contributed by atoms with Gasteiger partial charge in [-0.1, -0.05) is 97.1 Å². The predicted molar refractivity (Wildman–Crippen MR) is 175 cm³/mol. The summed E-state index contributed by atoms with van der Waals surface area (Å²) in [6.07, 6.45) is 5.67. The number of aromatic nitrogens is 5. The molecule has 0 aliphatic rings. The minimum absolute atomic E-state index is 0.635. The van der Waals surface area contributed by atoms with Crippen LogP contribution in [0.2, 0.25) is 0 Å². The first-order valence-corrected chi connectivity index (χ1v) is 14.8. The van der Waals surface area contributed by atoms with Gasteiger partial charge in [0, 0.05) is 51.6 Å². The van der Waals surface area contributed by atoms with Crippen LogP contribution in [0.4, 0.5) is 0 Å². The van der Waals surface area contributed by atoms with Crippen LogP contribution in [0.3, 0.4) is 0 Å². The molecular weight excluding hydrogens is 547 g/mol. The zero-order valence-electron chi connectivity index (χ0n) is 22.9. The second kappa shape index (κ2) is 10.7. The summed E-state index contributed by atoms with van der Waals surface area (Å²) in [6.45, 7) is 0. The van der Waals surface area contributed by atoms with Crippen molar-refractivity contribution in [1.82, 2.24) is 24.9 Å². The number of rotatable bonds is 5. The summed E-state index contributed by atoms with van der Waals surface area (Å²) in [5, 5.41) is 2.42. The number of hydrogen-bond acceptors (Lipinski definition) is 6. The Kier molecular flexibility index (Phi) is 6.24. The summed E-state index contributed by atoms with van der Waals surface area (Å²) < 4.78 is 2.33. The number of fused-ring (bicyclic) bond motifs is 3. The topological polar surface area (TPSA) is 64.5 Å². The molecule has 0 saturated heterocycles. The Labute approximate surface area is 252 Å². The molecule has 4 heterocycles. The lowest BCUT2D eigenvalue weighted by atomic mass is 9.99. The van der Waals surface area contributed by atoms with E-state index in [0.29, 0.717) is 17.5 Å². The van der Waals surface area contributed by atoms with Crippen molar-refractivity contribution < 1.29 is 0 Å². The van der Waals surface area contributed by atoms with Gasteiger partial charge < -0.3 is 0 Å². The lowest BCUT2D eigenvalue weighted by Gasteiger charge is -2.10. The van der Waals surface area contributed by atoms with Crippen molar-refractivity contribution in [2.75, 3.05) is 0 Å². The number of thiophene rings is 1. The van der Waals surface area contributed by atoms with Crippen molar-refractivity contribution in [2.45, 2.75) is 0 Å². The fraction of sp³-hybridized carbons (Fsp3) is 0. The van der Waals surface area contributed by atoms with Gasteiger partial charge in [-0.2, -0.15) is 0 Å². The fourth-order valence-corrected chi connectivity index (χ4v) is 6.56. The predicted octanol–water partition coefficient (Wildman–Crippen LogP) is 9.36. The molecule has 0 aliphatic heterocycles. The minimum atomic E-state index is 0.635. The lowest BCUT2D eigenvalue weighted by molar-refractivity contribution is 1.07. The van der Waals surface area contributed by atoms with E-state index in [1.54, 1.807) is 11.3 Å². The van der Waals surface area contributed by atoms with Gasteiger partial charge in [0.15, 0.2) is 17.5 Å². The largest absolute Gasteiger partial charge is 0.263 e. The Morgan fingerprint density at radius 2 is 0.977 bits per heavy atom. The van der Waals surface area contributed by atoms with Gasteiger partial charge in [0.25, 0.3) is 0 Å². The van der Waals surface area contributed by atoms with E-state index < -0.39 is 0 Å². The van der Waals surface area contributed by atoms with E-state index in [0.717, 1.165) is 43.8 Å². The summed E-state index contributed by atoms with van der Waals surface area (Å²) in [7, 11) is 0. The number of hydrogen-bond donors (Lipinski definition) is 0. The molecule has 0 bridgehead atoms. The van der Waals surface area contributed by atoms with Gasteiger partial charge >= 0.3 is 0 Å². The van der Waals surface area contributed by atoms with E-state index in [2.05, 4.69) is 65.6 Å². The second-order valence-electron chi connectivity index (χ2n) is 10.2. The molecule has 8 rings (SSSR count). The van der Waals surface area contributed by atoms with Gasteiger partial charge in [0.2, 0.25) is 0 Å². The molecule has 0 fully saturated rings. The maximum Gasteiger partial charge on any atom is 0.164 e. The molecule has 0 unspecified atom stereocenters. The van der Waals surface area contributed by atoms with Crippen LogP contribution in [0.15, 0.2) is 140 Å². The third-order valence-corrected chi connectivity index (χ3v) is 8.64. The Morgan fingerprint density at radius 3 is 1.65 bits per heavy atom. The molecule has 8 aromatic rings. The average Bonchev–Trinajstić information content (AvgIpc) is 3.48. The molecule has 4 aromatic heterocycles. The summed E-state index contributed by atoms with van der Waals surface area (Å²) in [5.74, 6) is 1.93. The zero-order chi connectivity index (χ0) is 28.6. The molecule has 202 valence electrons. The number of pyridine rings is 2. The van der Waals surface area contributed by atoms with E-state index in [1.807, 2.05) is 79.3 Å². The van der Waals surface area contributed by atoms with E-state index in [4.69, 9.17) is 19.9 Å². The smallest absolute Gasteiger partial charge is 0.164 e. The molecule has 0 N–H and O–H groups in total. The highest BCUT2D eigenvalue weighted by Crippen LogP contribution is 2.39. The standard InChI is InChI=1S/C37H23N5S/c1-3-9-24(10-4-1)35-40-36(25-11-5-2-6-12-25)42-37(41-35)29-16-8-14-27(22-29)26-13-7-15-28(21-26)33-34-31(18-20-39-33)30-17-19-38-23-32(30)43-34/h1-23H. The first kappa shape index (κ1) is 25.1. The van der Waals surface area contributed by atoms with Crippen molar-refractivity contribution in [3.05, 3.63) is 140 Å². The maximum atomic E-state index is 4.92. The third kappa shape index (κ3) is 4.74. The van der Waals surface area contributed by atoms with Crippen LogP contribution in [0.5, 0.6) is 0 Å². The normalized spacial score (nSPS) is 11.3. The van der Waals surface area contributed by atoms with Gasteiger partial charge in [-0.15, -0.1) is 11.3 Å². The molecule has 0 atom stereocenters. The van der Waals surface area contributed by atoms with Gasteiger partial charge in [-0.25, -0.2) is 15.0 Å². The Morgan fingerprint density at radius 1 is 0.442 bits per heavy atom. The van der Waals surface area contributed by atoms with Crippen LogP contribution < -0.4 is 0 Å². The summed E-state index contributed by atoms with van der Waals surface area (Å²) in [5.41, 5.74) is 7.06. The SMILES string of the molecule is c1ccc(-c2nc(-c3ccccc3)nc(-c3cccc(-c4cccc(-c5nccc6c5sc5cnccc56)c4)c3)n2)cc1. The van der Waals surface area contributed by atoms with Crippen LogP contribution in [-0.2, 0) is 0 Å². The zero-order valence-corrected chi connectivity index (χ0v) is 23.7.